The predicted molar refractivity (Wildman–Crippen MR) is 45.4 cm³/mol. The predicted octanol–water partition coefficient (Wildman–Crippen LogP) is -0.0161. The van der Waals surface area contributed by atoms with Crippen LogP contribution in [0.1, 0.15) is 13.8 Å². The maximum Gasteiger partial charge on any atom is 0.244 e. The number of dihydropyridines is 1. The van der Waals surface area contributed by atoms with E-state index >= 15 is 0 Å². The molecule has 2 atom stereocenters. The minimum Gasteiger partial charge on any atom is -0.289 e. The molecule has 12 heavy (non-hydrogen) atoms. The van der Waals surface area contributed by atoms with Gasteiger partial charge in [0.1, 0.15) is 6.17 Å². The lowest BCUT2D eigenvalue weighted by Crippen LogP contribution is -2.32. The second-order valence-corrected chi connectivity index (χ2v) is 3.21. The van der Waals surface area contributed by atoms with E-state index in [9.17, 15) is 4.79 Å². The number of hydrazine groups is 1. The highest BCUT2D eigenvalue weighted by atomic mass is 16.2. The highest BCUT2D eigenvalue weighted by molar-refractivity contribution is 5.97. The molecule has 2 N–H and O–H groups in total. The zero-order valence-electron chi connectivity index (χ0n) is 7.09. The highest BCUT2D eigenvalue weighted by Crippen LogP contribution is 2.23. The van der Waals surface area contributed by atoms with Crippen molar-refractivity contribution in [3.63, 3.8) is 0 Å². The Morgan fingerprint density at radius 2 is 2.25 bits per heavy atom. The summed E-state index contributed by atoms with van der Waals surface area (Å²) in [5.41, 5.74) is 7.47. The van der Waals surface area contributed by atoms with Crippen LogP contribution in [0.3, 0.4) is 0 Å². The number of nitrogens with one attached hydrogen (secondary N) is 2. The number of carbonyl (C=O) groups is 1. The largest absolute Gasteiger partial charge is 0.289 e. The average molecular weight is 165 g/mol. The number of carbonyl (C=O) groups excluding carboxylic acids is 1. The normalized spacial score (nSPS) is 33.7. The molecule has 4 heteroatoms. The van der Waals surface area contributed by atoms with Gasteiger partial charge in [0, 0.05) is 5.71 Å². The Morgan fingerprint density at radius 3 is 3.00 bits per heavy atom. The van der Waals surface area contributed by atoms with Gasteiger partial charge < -0.3 is 0 Å². The van der Waals surface area contributed by atoms with Crippen LogP contribution in [0, 0.1) is 5.92 Å². The van der Waals surface area contributed by atoms with Gasteiger partial charge in [-0.3, -0.25) is 15.2 Å². The van der Waals surface area contributed by atoms with Gasteiger partial charge >= 0.3 is 0 Å². The Labute approximate surface area is 70.7 Å². The van der Waals surface area contributed by atoms with E-state index in [4.69, 9.17) is 0 Å². The van der Waals surface area contributed by atoms with Crippen molar-refractivity contribution < 1.29 is 4.79 Å². The minimum absolute atomic E-state index is 0.0185. The fourth-order valence-electron chi connectivity index (χ4n) is 1.69. The van der Waals surface area contributed by atoms with Crippen LogP contribution in [0.2, 0.25) is 0 Å². The van der Waals surface area contributed by atoms with Gasteiger partial charge in [-0.05, 0) is 19.9 Å². The first-order valence-corrected chi connectivity index (χ1v) is 3.96. The van der Waals surface area contributed by atoms with Crippen molar-refractivity contribution in [1.82, 2.24) is 10.9 Å². The summed E-state index contributed by atoms with van der Waals surface area (Å²) in [5, 5.41) is 0. The molecule has 0 aromatic heterocycles. The van der Waals surface area contributed by atoms with E-state index in [1.165, 1.54) is 0 Å². The molecule has 0 aliphatic carbocycles. The second-order valence-electron chi connectivity index (χ2n) is 3.21. The quantitative estimate of drug-likeness (QED) is 0.530. The van der Waals surface area contributed by atoms with E-state index in [0.717, 1.165) is 11.3 Å². The number of allylic oxidation sites excluding steroid dienone is 1. The van der Waals surface area contributed by atoms with Gasteiger partial charge in [0.15, 0.2) is 0 Å². The third-order valence-electron chi connectivity index (χ3n) is 2.21. The molecule has 0 bridgehead atoms. The van der Waals surface area contributed by atoms with Crippen LogP contribution in [-0.2, 0) is 4.79 Å². The van der Waals surface area contributed by atoms with E-state index in [0.29, 0.717) is 0 Å². The number of rotatable bonds is 0. The molecular formula is C8H11N3O. The van der Waals surface area contributed by atoms with Gasteiger partial charge in [-0.1, -0.05) is 5.57 Å². The third-order valence-corrected chi connectivity index (χ3v) is 2.21. The van der Waals surface area contributed by atoms with Crippen molar-refractivity contribution >= 4 is 11.6 Å². The van der Waals surface area contributed by atoms with Crippen molar-refractivity contribution in [3.05, 3.63) is 11.6 Å². The van der Waals surface area contributed by atoms with Gasteiger partial charge in [0.25, 0.3) is 0 Å². The van der Waals surface area contributed by atoms with Gasteiger partial charge in [-0.25, -0.2) is 5.43 Å². The monoisotopic (exact) mass is 165 g/mol. The first kappa shape index (κ1) is 7.49. The van der Waals surface area contributed by atoms with E-state index in [1.54, 1.807) is 0 Å². The lowest BCUT2D eigenvalue weighted by atomic mass is 9.94. The summed E-state index contributed by atoms with van der Waals surface area (Å²) in [4.78, 5) is 15.5. The van der Waals surface area contributed by atoms with Crippen LogP contribution in [0.5, 0.6) is 0 Å². The molecule has 1 saturated heterocycles. The molecule has 2 heterocycles. The first-order chi connectivity index (χ1) is 5.68. The van der Waals surface area contributed by atoms with Gasteiger partial charge in [0.2, 0.25) is 5.91 Å². The molecule has 2 rings (SSSR count). The van der Waals surface area contributed by atoms with Crippen LogP contribution in [0.25, 0.3) is 0 Å². The number of aliphatic imine (C=N–C) groups is 1. The zero-order valence-corrected chi connectivity index (χ0v) is 7.09. The maximum absolute atomic E-state index is 11.2. The van der Waals surface area contributed by atoms with Gasteiger partial charge in [0.05, 0.1) is 5.92 Å². The molecule has 0 aromatic rings. The summed E-state index contributed by atoms with van der Waals surface area (Å²) in [7, 11) is 0. The summed E-state index contributed by atoms with van der Waals surface area (Å²) in [6.07, 6.45) is 1.86. The number of hydrogen-bond donors (Lipinski definition) is 2. The molecule has 0 aromatic carbocycles. The molecule has 0 radical (unpaired) electrons. The first-order valence-electron chi connectivity index (χ1n) is 3.96. The number of fused-ring (bicyclic) bond motifs is 1. The van der Waals surface area contributed by atoms with E-state index in [-0.39, 0.29) is 18.0 Å². The lowest BCUT2D eigenvalue weighted by Gasteiger charge is -2.18. The molecule has 1 amide bonds. The molecule has 2 aliphatic rings. The standard InChI is InChI=1S/C8H11N3O/c1-4-3-5(2)9-7-6(4)8(12)11-10-7/h3,6-7,10H,1-2H3,(H,11,12)/t6-,7+/m1/s1. The molecule has 64 valence electrons. The number of hydrogen-bond acceptors (Lipinski definition) is 3. The molecule has 0 saturated carbocycles. The van der Waals surface area contributed by atoms with Gasteiger partial charge in [-0.15, -0.1) is 0 Å². The van der Waals surface area contributed by atoms with Crippen LogP contribution in [0.15, 0.2) is 16.6 Å². The Kier molecular flexibility index (Phi) is 1.51. The molecule has 2 aliphatic heterocycles. The van der Waals surface area contributed by atoms with Crippen molar-refractivity contribution in [2.24, 2.45) is 10.9 Å². The SMILES string of the molecule is CC1=CC(C)=N[C@H]2NNC(=O)[C@H]12. The Balaban J connectivity index is 2.36. The summed E-state index contributed by atoms with van der Waals surface area (Å²) in [5.74, 6) is -0.0845. The molecule has 0 spiro atoms. The average Bonchev–Trinajstić information content (AvgIpc) is 2.31. The van der Waals surface area contributed by atoms with Crippen molar-refractivity contribution in [2.75, 3.05) is 0 Å². The summed E-state index contributed by atoms with van der Waals surface area (Å²) < 4.78 is 0. The Hall–Kier alpha value is -1.16. The number of amides is 1. The zero-order chi connectivity index (χ0) is 8.72. The summed E-state index contributed by atoms with van der Waals surface area (Å²) >= 11 is 0. The number of nitrogens with zero attached hydrogens (tertiary/aromatic N) is 1. The van der Waals surface area contributed by atoms with Crippen LogP contribution in [-0.4, -0.2) is 17.8 Å². The highest BCUT2D eigenvalue weighted by Gasteiger charge is 2.37. The van der Waals surface area contributed by atoms with E-state index in [1.807, 2.05) is 19.9 Å². The van der Waals surface area contributed by atoms with Crippen molar-refractivity contribution in [3.8, 4) is 0 Å². The Morgan fingerprint density at radius 1 is 1.50 bits per heavy atom. The van der Waals surface area contributed by atoms with E-state index in [2.05, 4.69) is 15.8 Å². The smallest absolute Gasteiger partial charge is 0.244 e. The minimum atomic E-state index is -0.103. The van der Waals surface area contributed by atoms with Crippen LogP contribution in [0.4, 0.5) is 0 Å². The molecular weight excluding hydrogens is 154 g/mol. The molecule has 4 nitrogen and oxygen atoms in total. The lowest BCUT2D eigenvalue weighted by molar-refractivity contribution is -0.121. The Bertz CT molecular complexity index is 293. The summed E-state index contributed by atoms with van der Waals surface area (Å²) in [6, 6.07) is 0. The van der Waals surface area contributed by atoms with Crippen LogP contribution < -0.4 is 10.9 Å². The fraction of sp³-hybridized carbons (Fsp3) is 0.500. The van der Waals surface area contributed by atoms with Crippen molar-refractivity contribution in [2.45, 2.75) is 20.0 Å². The van der Waals surface area contributed by atoms with Gasteiger partial charge in [-0.2, -0.15) is 0 Å². The van der Waals surface area contributed by atoms with Crippen LogP contribution >= 0.6 is 0 Å². The second kappa shape index (κ2) is 2.42. The van der Waals surface area contributed by atoms with E-state index < -0.39 is 0 Å². The fourth-order valence-corrected chi connectivity index (χ4v) is 1.69. The summed E-state index contributed by atoms with van der Waals surface area (Å²) in [6.45, 7) is 3.90. The molecule has 0 unspecified atom stereocenters. The van der Waals surface area contributed by atoms with Crippen molar-refractivity contribution in [1.29, 1.82) is 0 Å². The third kappa shape index (κ3) is 0.956. The topological polar surface area (TPSA) is 53.5 Å². The molecule has 1 fully saturated rings. The maximum atomic E-state index is 11.2.